The van der Waals surface area contributed by atoms with Gasteiger partial charge in [-0.15, -0.1) is 0 Å². The lowest BCUT2D eigenvalue weighted by Crippen LogP contribution is -2.46. The van der Waals surface area contributed by atoms with E-state index in [2.05, 4.69) is 48.5 Å². The Balaban J connectivity index is 1.61. The second-order valence-corrected chi connectivity index (χ2v) is 14.9. The lowest BCUT2D eigenvalue weighted by atomic mass is 9.48. The molecule has 2 atom stereocenters. The van der Waals surface area contributed by atoms with Gasteiger partial charge in [0.05, 0.1) is 10.8 Å². The first-order valence-electron chi connectivity index (χ1n) is 19.3. The summed E-state index contributed by atoms with van der Waals surface area (Å²) in [5, 5.41) is 1.89. The zero-order valence-electron chi connectivity index (χ0n) is 31.1. The van der Waals surface area contributed by atoms with Gasteiger partial charge in [0.2, 0.25) is 0 Å². The van der Waals surface area contributed by atoms with Crippen LogP contribution in [0.4, 0.5) is 17.6 Å². The third-order valence-electron chi connectivity index (χ3n) is 11.9. The molecule has 278 valence electrons. The molecule has 0 saturated heterocycles. The molecule has 1 aliphatic rings. The molecule has 0 fully saturated rings. The lowest BCUT2D eigenvalue weighted by Gasteiger charge is -2.53. The number of halogens is 4. The van der Waals surface area contributed by atoms with Crippen LogP contribution in [-0.2, 0) is 10.8 Å². The van der Waals surface area contributed by atoms with E-state index < -0.39 is 34.1 Å². The van der Waals surface area contributed by atoms with E-state index in [-0.39, 0.29) is 0 Å². The molecular weight excluding hydrogens is 725 g/mol. The van der Waals surface area contributed by atoms with Gasteiger partial charge in [-0.1, -0.05) is 158 Å². The highest BCUT2D eigenvalue weighted by Crippen LogP contribution is 2.65. The molecule has 4 heteroatoms. The summed E-state index contributed by atoms with van der Waals surface area (Å²) in [7, 11) is 0. The first-order valence-corrected chi connectivity index (χ1v) is 19.3. The maximum Gasteiger partial charge on any atom is 0.123 e. The minimum Gasteiger partial charge on any atom is -0.207 e. The van der Waals surface area contributed by atoms with Gasteiger partial charge in [0.15, 0.2) is 0 Å². The Morgan fingerprint density at radius 3 is 1.02 bits per heavy atom. The summed E-state index contributed by atoms with van der Waals surface area (Å²) < 4.78 is 62.5. The molecule has 0 spiro atoms. The van der Waals surface area contributed by atoms with Crippen LogP contribution in [0.2, 0.25) is 0 Å². The maximum atomic E-state index is 16.1. The zero-order chi connectivity index (χ0) is 39.4. The Bertz CT molecular complexity index is 2770. The van der Waals surface area contributed by atoms with E-state index in [0.717, 1.165) is 55.3 Å². The standard InChI is InChI=1S/C54H34F4/c55-41-29-25-37(26-30-41)53(39-17-11-19-43(57)33-39)47-23-9-10-24-48(47)54(38-27-31-42(56)32-28-38,40-18-12-20-44(58)34-40)52-50(36-15-5-2-6-16-36)46-22-8-7-21-45(46)49(51(52)53)35-13-3-1-4-14-35/h1-34H. The first kappa shape index (κ1) is 35.4. The fraction of sp³-hybridized carbons (Fsp3) is 0.0370. The van der Waals surface area contributed by atoms with Crippen LogP contribution in [0.15, 0.2) is 206 Å². The molecule has 0 aliphatic heterocycles. The summed E-state index contributed by atoms with van der Waals surface area (Å²) >= 11 is 0. The molecule has 9 aromatic carbocycles. The Morgan fingerprint density at radius 2 is 0.638 bits per heavy atom. The minimum absolute atomic E-state index is 0.408. The van der Waals surface area contributed by atoms with Crippen LogP contribution >= 0.6 is 0 Å². The SMILES string of the molecule is Fc1ccc(C2(c3cccc(F)c3)c3ccccc3C(c3ccc(F)cc3)(c3cccc(F)c3)c3c2c(-c2ccccc2)c2ccccc2c3-c2ccccc2)cc1. The van der Waals surface area contributed by atoms with Crippen LogP contribution in [0.1, 0.15) is 44.5 Å². The van der Waals surface area contributed by atoms with Gasteiger partial charge in [-0.2, -0.15) is 0 Å². The molecule has 1 aliphatic carbocycles. The van der Waals surface area contributed by atoms with Crippen molar-refractivity contribution in [2.75, 3.05) is 0 Å². The molecule has 0 heterocycles. The smallest absolute Gasteiger partial charge is 0.123 e. The second-order valence-electron chi connectivity index (χ2n) is 14.9. The summed E-state index contributed by atoms with van der Waals surface area (Å²) in [5.74, 6) is -1.67. The molecular formula is C54H34F4. The van der Waals surface area contributed by atoms with Crippen molar-refractivity contribution >= 4 is 10.8 Å². The van der Waals surface area contributed by atoms with E-state index >= 15 is 17.6 Å². The molecule has 0 nitrogen and oxygen atoms in total. The third kappa shape index (κ3) is 5.21. The first-order chi connectivity index (χ1) is 28.4. The predicted molar refractivity (Wildman–Crippen MR) is 225 cm³/mol. The van der Waals surface area contributed by atoms with Gasteiger partial charge in [0, 0.05) is 0 Å². The number of rotatable bonds is 6. The van der Waals surface area contributed by atoms with E-state index in [1.807, 2.05) is 72.8 Å². The Morgan fingerprint density at radius 1 is 0.276 bits per heavy atom. The van der Waals surface area contributed by atoms with Crippen LogP contribution in [0.3, 0.4) is 0 Å². The summed E-state index contributed by atoms with van der Waals surface area (Å²) in [6.45, 7) is 0. The molecule has 9 aromatic rings. The third-order valence-corrected chi connectivity index (χ3v) is 11.9. The molecule has 0 amide bonds. The fourth-order valence-electron chi connectivity index (χ4n) is 9.78. The Hall–Kier alpha value is -7.04. The lowest BCUT2D eigenvalue weighted by molar-refractivity contribution is 0.587. The van der Waals surface area contributed by atoms with E-state index in [1.165, 1.54) is 36.4 Å². The van der Waals surface area contributed by atoms with Gasteiger partial charge in [-0.05, 0) is 126 Å². The maximum absolute atomic E-state index is 16.1. The van der Waals surface area contributed by atoms with Crippen molar-refractivity contribution in [2.24, 2.45) is 0 Å². The normalized spacial score (nSPS) is 17.1. The van der Waals surface area contributed by atoms with Crippen LogP contribution in [0.25, 0.3) is 33.0 Å². The molecule has 58 heavy (non-hydrogen) atoms. The van der Waals surface area contributed by atoms with Gasteiger partial charge in [0.1, 0.15) is 23.3 Å². The van der Waals surface area contributed by atoms with Gasteiger partial charge in [0.25, 0.3) is 0 Å². The molecule has 2 unspecified atom stereocenters. The highest BCUT2D eigenvalue weighted by molar-refractivity contribution is 6.11. The minimum atomic E-state index is -1.29. The highest BCUT2D eigenvalue weighted by Gasteiger charge is 2.56. The van der Waals surface area contributed by atoms with Crippen LogP contribution in [-0.4, -0.2) is 0 Å². The average molecular weight is 759 g/mol. The van der Waals surface area contributed by atoms with Gasteiger partial charge >= 0.3 is 0 Å². The van der Waals surface area contributed by atoms with Crippen LogP contribution in [0.5, 0.6) is 0 Å². The second kappa shape index (κ2) is 13.9. The highest BCUT2D eigenvalue weighted by atomic mass is 19.1. The average Bonchev–Trinajstić information content (AvgIpc) is 3.26. The van der Waals surface area contributed by atoms with Gasteiger partial charge < -0.3 is 0 Å². The Kier molecular flexibility index (Phi) is 8.45. The van der Waals surface area contributed by atoms with E-state index in [1.54, 1.807) is 48.5 Å². The molecule has 0 N–H and O–H groups in total. The molecule has 0 saturated carbocycles. The van der Waals surface area contributed by atoms with E-state index in [4.69, 9.17) is 0 Å². The zero-order valence-corrected chi connectivity index (χ0v) is 31.1. The van der Waals surface area contributed by atoms with Crippen molar-refractivity contribution in [3.8, 4) is 22.3 Å². The van der Waals surface area contributed by atoms with E-state index in [9.17, 15) is 0 Å². The summed E-state index contributed by atoms with van der Waals surface area (Å²) in [6.07, 6.45) is 0. The summed E-state index contributed by atoms with van der Waals surface area (Å²) in [5.41, 5.74) is 6.91. The topological polar surface area (TPSA) is 0 Å². The van der Waals surface area contributed by atoms with E-state index in [0.29, 0.717) is 22.3 Å². The van der Waals surface area contributed by atoms with Crippen molar-refractivity contribution in [3.05, 3.63) is 274 Å². The fourth-order valence-corrected chi connectivity index (χ4v) is 9.78. The molecule has 0 aromatic heterocycles. The molecule has 0 radical (unpaired) electrons. The van der Waals surface area contributed by atoms with Crippen molar-refractivity contribution < 1.29 is 17.6 Å². The number of benzene rings is 9. The number of hydrogen-bond donors (Lipinski definition) is 0. The van der Waals surface area contributed by atoms with Crippen molar-refractivity contribution in [1.82, 2.24) is 0 Å². The van der Waals surface area contributed by atoms with Crippen molar-refractivity contribution in [1.29, 1.82) is 0 Å². The summed E-state index contributed by atoms with van der Waals surface area (Å²) in [6, 6.07) is 62.9. The largest absolute Gasteiger partial charge is 0.207 e. The number of fused-ring (bicyclic) bond motifs is 3. The van der Waals surface area contributed by atoms with Gasteiger partial charge in [-0.25, -0.2) is 17.6 Å². The van der Waals surface area contributed by atoms with Crippen molar-refractivity contribution in [2.45, 2.75) is 10.8 Å². The van der Waals surface area contributed by atoms with Crippen LogP contribution in [0, 0.1) is 23.3 Å². The summed E-state index contributed by atoms with van der Waals surface area (Å²) in [4.78, 5) is 0. The Labute approximate surface area is 334 Å². The molecule has 0 bridgehead atoms. The quantitative estimate of drug-likeness (QED) is 0.148. The predicted octanol–water partition coefficient (Wildman–Crippen LogP) is 13.8. The van der Waals surface area contributed by atoms with Crippen molar-refractivity contribution in [3.63, 3.8) is 0 Å². The van der Waals surface area contributed by atoms with Crippen LogP contribution < -0.4 is 0 Å². The van der Waals surface area contributed by atoms with Gasteiger partial charge in [-0.3, -0.25) is 0 Å². The monoisotopic (exact) mass is 758 g/mol. The molecule has 10 rings (SSSR count). The number of hydrogen-bond acceptors (Lipinski definition) is 0.